The van der Waals surface area contributed by atoms with Gasteiger partial charge in [-0.1, -0.05) is 66.1 Å². The predicted octanol–water partition coefficient (Wildman–Crippen LogP) is 4.97. The van der Waals surface area contributed by atoms with Crippen molar-refractivity contribution in [2.24, 2.45) is 7.05 Å². The lowest BCUT2D eigenvalue weighted by atomic mass is 9.83. The molecule has 1 N–H and O–H groups in total. The maximum absolute atomic E-state index is 12.1. The standard InChI is InChI=1S/C25H25ClN4O2/c1-30-21(15-27-29-30)25(31,17-10-4-3-5-11-17)18-12-13-20-19(14-18)23(26)22(24(28-20)32-2)16-8-6-7-9-16/h3-5,10-16,31H,6-9H2,1-2H3. The van der Waals surface area contributed by atoms with E-state index in [4.69, 9.17) is 21.3 Å². The second-order valence-corrected chi connectivity index (χ2v) is 8.76. The van der Waals surface area contributed by atoms with Crippen LogP contribution in [0.25, 0.3) is 10.9 Å². The highest BCUT2D eigenvalue weighted by atomic mass is 35.5. The van der Waals surface area contributed by atoms with Gasteiger partial charge in [0.2, 0.25) is 5.88 Å². The Morgan fingerprint density at radius 2 is 1.84 bits per heavy atom. The number of aromatic nitrogens is 4. The van der Waals surface area contributed by atoms with Gasteiger partial charge >= 0.3 is 0 Å². The Labute approximate surface area is 191 Å². The van der Waals surface area contributed by atoms with E-state index in [1.807, 2.05) is 48.5 Å². The van der Waals surface area contributed by atoms with Crippen molar-refractivity contribution in [3.63, 3.8) is 0 Å². The molecule has 0 spiro atoms. The van der Waals surface area contributed by atoms with Crippen LogP contribution in [0.1, 0.15) is 54.0 Å². The van der Waals surface area contributed by atoms with Crippen LogP contribution < -0.4 is 4.74 Å². The van der Waals surface area contributed by atoms with Crippen LogP contribution in [-0.2, 0) is 12.6 Å². The van der Waals surface area contributed by atoms with Gasteiger partial charge in [0.05, 0.1) is 29.5 Å². The van der Waals surface area contributed by atoms with E-state index in [0.717, 1.165) is 34.9 Å². The van der Waals surface area contributed by atoms with Crippen molar-refractivity contribution in [1.82, 2.24) is 20.0 Å². The first-order chi connectivity index (χ1) is 15.5. The van der Waals surface area contributed by atoms with Crippen LogP contribution in [0.2, 0.25) is 5.02 Å². The Kier molecular flexibility index (Phi) is 5.35. The quantitative estimate of drug-likeness (QED) is 0.466. The fourth-order valence-corrected chi connectivity index (χ4v) is 5.31. The summed E-state index contributed by atoms with van der Waals surface area (Å²) in [6.07, 6.45) is 6.12. The van der Waals surface area contributed by atoms with E-state index < -0.39 is 5.60 Å². The summed E-state index contributed by atoms with van der Waals surface area (Å²) in [7, 11) is 3.41. The Balaban J connectivity index is 1.75. The average Bonchev–Trinajstić information content (AvgIpc) is 3.51. The highest BCUT2D eigenvalue weighted by Crippen LogP contribution is 2.45. The van der Waals surface area contributed by atoms with E-state index in [-0.39, 0.29) is 0 Å². The third kappa shape index (κ3) is 3.26. The molecule has 7 heteroatoms. The van der Waals surface area contributed by atoms with Crippen LogP contribution in [0.15, 0.2) is 54.7 Å². The number of pyridine rings is 1. The molecule has 1 aliphatic rings. The summed E-state index contributed by atoms with van der Waals surface area (Å²) >= 11 is 7.00. The average molecular weight is 449 g/mol. The van der Waals surface area contributed by atoms with Crippen molar-refractivity contribution >= 4 is 22.5 Å². The zero-order chi connectivity index (χ0) is 22.3. The SMILES string of the molecule is COc1nc2ccc(C(O)(c3ccccc3)c3cnnn3C)cc2c(Cl)c1C1CCCC1. The molecule has 4 aromatic rings. The van der Waals surface area contributed by atoms with E-state index in [1.54, 1.807) is 25.0 Å². The first-order valence-electron chi connectivity index (χ1n) is 10.8. The number of halogens is 1. The second-order valence-electron chi connectivity index (χ2n) is 8.38. The number of methoxy groups -OCH3 is 1. The minimum absolute atomic E-state index is 0.340. The smallest absolute Gasteiger partial charge is 0.218 e. The van der Waals surface area contributed by atoms with Crippen molar-refractivity contribution in [2.75, 3.05) is 7.11 Å². The summed E-state index contributed by atoms with van der Waals surface area (Å²) in [5.41, 5.74) is 2.21. The summed E-state index contributed by atoms with van der Waals surface area (Å²) in [6.45, 7) is 0. The third-order valence-corrected chi connectivity index (χ3v) is 6.98. The van der Waals surface area contributed by atoms with Crippen molar-refractivity contribution in [1.29, 1.82) is 0 Å². The largest absolute Gasteiger partial charge is 0.481 e. The zero-order valence-corrected chi connectivity index (χ0v) is 18.9. The molecule has 1 unspecified atom stereocenters. The molecule has 2 heterocycles. The van der Waals surface area contributed by atoms with E-state index in [2.05, 4.69) is 10.3 Å². The van der Waals surface area contributed by atoms with E-state index in [9.17, 15) is 5.11 Å². The lowest BCUT2D eigenvalue weighted by molar-refractivity contribution is 0.116. The van der Waals surface area contributed by atoms with Gasteiger partial charge in [-0.25, -0.2) is 9.67 Å². The molecule has 0 saturated heterocycles. The van der Waals surface area contributed by atoms with Gasteiger partial charge in [0.1, 0.15) is 0 Å². The van der Waals surface area contributed by atoms with Gasteiger partial charge < -0.3 is 9.84 Å². The highest BCUT2D eigenvalue weighted by Gasteiger charge is 2.37. The number of aliphatic hydroxyl groups is 1. The van der Waals surface area contributed by atoms with Crippen molar-refractivity contribution in [2.45, 2.75) is 37.2 Å². The number of aryl methyl sites for hydroxylation is 1. The number of fused-ring (bicyclic) bond motifs is 1. The summed E-state index contributed by atoms with van der Waals surface area (Å²) < 4.78 is 7.22. The molecule has 1 atom stereocenters. The number of hydrogen-bond acceptors (Lipinski definition) is 5. The molecule has 0 amide bonds. The first-order valence-corrected chi connectivity index (χ1v) is 11.2. The van der Waals surface area contributed by atoms with Gasteiger partial charge in [0.15, 0.2) is 5.60 Å². The number of rotatable bonds is 5. The molecule has 0 radical (unpaired) electrons. The van der Waals surface area contributed by atoms with Gasteiger partial charge in [-0.2, -0.15) is 0 Å². The highest BCUT2D eigenvalue weighted by molar-refractivity contribution is 6.36. The lowest BCUT2D eigenvalue weighted by Gasteiger charge is -2.29. The maximum atomic E-state index is 12.1. The summed E-state index contributed by atoms with van der Waals surface area (Å²) in [5, 5.41) is 21.7. The number of ether oxygens (including phenoxy) is 1. The van der Waals surface area contributed by atoms with Gasteiger partial charge in [0, 0.05) is 18.0 Å². The van der Waals surface area contributed by atoms with Gasteiger partial charge in [-0.3, -0.25) is 0 Å². The Hall–Kier alpha value is -2.96. The number of hydrogen-bond donors (Lipinski definition) is 1. The van der Waals surface area contributed by atoms with Crippen LogP contribution in [0.3, 0.4) is 0 Å². The van der Waals surface area contributed by atoms with Crippen LogP contribution in [-0.4, -0.2) is 32.2 Å². The fourth-order valence-electron chi connectivity index (χ4n) is 4.93. The van der Waals surface area contributed by atoms with Crippen molar-refractivity contribution in [3.05, 3.63) is 82.1 Å². The normalized spacial score (nSPS) is 16.4. The summed E-state index contributed by atoms with van der Waals surface area (Å²) in [5.74, 6) is 0.934. The predicted molar refractivity (Wildman–Crippen MR) is 124 cm³/mol. The molecular formula is C25H25ClN4O2. The van der Waals surface area contributed by atoms with Gasteiger partial charge in [0.25, 0.3) is 0 Å². The topological polar surface area (TPSA) is 73.1 Å². The van der Waals surface area contributed by atoms with Crippen LogP contribution in [0.4, 0.5) is 0 Å². The molecule has 5 rings (SSSR count). The minimum atomic E-state index is -1.45. The van der Waals surface area contributed by atoms with Crippen LogP contribution in [0.5, 0.6) is 5.88 Å². The molecule has 0 aliphatic heterocycles. The first kappa shape index (κ1) is 20.9. The molecule has 32 heavy (non-hydrogen) atoms. The van der Waals surface area contributed by atoms with Gasteiger partial charge in [-0.15, -0.1) is 5.10 Å². The van der Waals surface area contributed by atoms with E-state index >= 15 is 0 Å². The van der Waals surface area contributed by atoms with Crippen LogP contribution >= 0.6 is 11.6 Å². The molecule has 2 aromatic heterocycles. The second kappa shape index (κ2) is 8.19. The fraction of sp³-hybridized carbons (Fsp3) is 0.320. The van der Waals surface area contributed by atoms with Gasteiger partial charge in [-0.05, 0) is 42.0 Å². The van der Waals surface area contributed by atoms with E-state index in [0.29, 0.717) is 28.1 Å². The van der Waals surface area contributed by atoms with Crippen molar-refractivity contribution in [3.8, 4) is 5.88 Å². The molecule has 6 nitrogen and oxygen atoms in total. The molecule has 164 valence electrons. The molecular weight excluding hydrogens is 424 g/mol. The summed E-state index contributed by atoms with van der Waals surface area (Å²) in [4.78, 5) is 4.76. The molecule has 1 aliphatic carbocycles. The van der Waals surface area contributed by atoms with Crippen molar-refractivity contribution < 1.29 is 9.84 Å². The molecule has 0 bridgehead atoms. The Bertz CT molecular complexity index is 1270. The Morgan fingerprint density at radius 1 is 1.09 bits per heavy atom. The monoisotopic (exact) mass is 448 g/mol. The molecule has 1 fully saturated rings. The molecule has 1 saturated carbocycles. The third-order valence-electron chi connectivity index (χ3n) is 6.57. The molecule has 2 aromatic carbocycles. The Morgan fingerprint density at radius 3 is 2.50 bits per heavy atom. The lowest BCUT2D eigenvalue weighted by Crippen LogP contribution is -2.31. The van der Waals surface area contributed by atoms with E-state index in [1.165, 1.54) is 12.8 Å². The number of benzene rings is 2. The minimum Gasteiger partial charge on any atom is -0.481 e. The summed E-state index contributed by atoms with van der Waals surface area (Å²) in [6, 6.07) is 15.2. The number of nitrogens with zero attached hydrogens (tertiary/aromatic N) is 4. The zero-order valence-electron chi connectivity index (χ0n) is 18.1. The maximum Gasteiger partial charge on any atom is 0.218 e. The van der Waals surface area contributed by atoms with Crippen LogP contribution in [0, 0.1) is 0 Å².